The molecule has 0 saturated carbocycles. The number of hydrazone groups is 1. The predicted molar refractivity (Wildman–Crippen MR) is 91.7 cm³/mol. The molecule has 0 bridgehead atoms. The van der Waals surface area contributed by atoms with Gasteiger partial charge in [0.25, 0.3) is 5.91 Å². The van der Waals surface area contributed by atoms with Crippen LogP contribution in [-0.2, 0) is 24.2 Å². The van der Waals surface area contributed by atoms with E-state index >= 15 is 0 Å². The zero-order valence-electron chi connectivity index (χ0n) is 12.9. The van der Waals surface area contributed by atoms with Gasteiger partial charge in [0.2, 0.25) is 0 Å². The zero-order chi connectivity index (χ0) is 15.8. The number of thiocarbonyl (C=S) groups is 1. The number of hydrogen-bond donors (Lipinski definition) is 2. The zero-order valence-corrected chi connectivity index (χ0v) is 13.7. The Hall–Kier alpha value is -1.59. The predicted octanol–water partition coefficient (Wildman–Crippen LogP) is 2.50. The van der Waals surface area contributed by atoms with Gasteiger partial charge in [-0.25, -0.2) is 5.43 Å². The molecule has 0 saturated heterocycles. The highest BCUT2D eigenvalue weighted by molar-refractivity contribution is 7.82. The van der Waals surface area contributed by atoms with E-state index in [0.717, 1.165) is 41.5 Å². The molecule has 0 unspecified atom stereocenters. The molecule has 0 fully saturated rings. The fourth-order valence-electron chi connectivity index (χ4n) is 2.17. The SMILES string of the molecule is CCC=NNC(=O)C(=S)c1c(CC)cc(CN)cc1CC. The van der Waals surface area contributed by atoms with E-state index in [4.69, 9.17) is 18.0 Å². The van der Waals surface area contributed by atoms with Gasteiger partial charge in [0.1, 0.15) is 4.86 Å². The molecule has 0 radical (unpaired) electrons. The molecule has 114 valence electrons. The molecular weight excluding hydrogens is 282 g/mol. The minimum absolute atomic E-state index is 0.292. The van der Waals surface area contributed by atoms with Crippen LogP contribution < -0.4 is 11.2 Å². The fourth-order valence-corrected chi connectivity index (χ4v) is 2.47. The van der Waals surface area contributed by atoms with Gasteiger partial charge < -0.3 is 5.73 Å². The van der Waals surface area contributed by atoms with Gasteiger partial charge in [-0.2, -0.15) is 5.10 Å². The summed E-state index contributed by atoms with van der Waals surface area (Å²) >= 11 is 5.36. The lowest BCUT2D eigenvalue weighted by molar-refractivity contribution is -0.114. The fraction of sp³-hybridized carbons (Fsp3) is 0.438. The standard InChI is InChI=1S/C16H23N3OS/c1-4-7-18-19-16(20)15(21)14-12(5-2)8-11(10-17)9-13(14)6-3/h7-9H,4-6,10,17H2,1-3H3,(H,19,20). The highest BCUT2D eigenvalue weighted by Gasteiger charge is 2.18. The van der Waals surface area contributed by atoms with Crippen LogP contribution in [0.3, 0.4) is 0 Å². The van der Waals surface area contributed by atoms with Gasteiger partial charge in [0, 0.05) is 18.3 Å². The molecule has 1 aromatic rings. The number of nitrogens with zero attached hydrogens (tertiary/aromatic N) is 1. The Morgan fingerprint density at radius 1 is 1.29 bits per heavy atom. The number of amides is 1. The number of nitrogens with one attached hydrogen (secondary N) is 1. The van der Waals surface area contributed by atoms with Crippen molar-refractivity contribution >= 4 is 29.2 Å². The first-order chi connectivity index (χ1) is 10.1. The summed E-state index contributed by atoms with van der Waals surface area (Å²) in [4.78, 5) is 12.4. The van der Waals surface area contributed by atoms with Crippen LogP contribution in [0.15, 0.2) is 17.2 Å². The van der Waals surface area contributed by atoms with Crippen molar-refractivity contribution in [2.45, 2.75) is 46.6 Å². The van der Waals surface area contributed by atoms with E-state index in [9.17, 15) is 4.79 Å². The Labute approximate surface area is 131 Å². The summed E-state index contributed by atoms with van der Waals surface area (Å²) < 4.78 is 0. The minimum Gasteiger partial charge on any atom is -0.326 e. The second-order valence-corrected chi connectivity index (χ2v) is 5.10. The normalized spacial score (nSPS) is 10.9. The summed E-state index contributed by atoms with van der Waals surface area (Å²) in [7, 11) is 0. The van der Waals surface area contributed by atoms with Gasteiger partial charge in [-0.3, -0.25) is 4.79 Å². The van der Waals surface area contributed by atoms with Crippen molar-refractivity contribution in [2.75, 3.05) is 0 Å². The molecule has 1 amide bonds. The van der Waals surface area contributed by atoms with E-state index < -0.39 is 0 Å². The number of nitrogens with two attached hydrogens (primary N) is 1. The van der Waals surface area contributed by atoms with Gasteiger partial charge in [0.05, 0.1) is 0 Å². The average Bonchev–Trinajstić information content (AvgIpc) is 2.52. The van der Waals surface area contributed by atoms with Gasteiger partial charge in [0.15, 0.2) is 0 Å². The quantitative estimate of drug-likeness (QED) is 0.352. The molecule has 0 aliphatic rings. The topological polar surface area (TPSA) is 67.5 Å². The average molecular weight is 305 g/mol. The second-order valence-electron chi connectivity index (χ2n) is 4.69. The number of rotatable bonds is 7. The molecular formula is C16H23N3OS. The lowest BCUT2D eigenvalue weighted by Crippen LogP contribution is -2.28. The largest absolute Gasteiger partial charge is 0.326 e. The maximum Gasteiger partial charge on any atom is 0.282 e. The van der Waals surface area contributed by atoms with Gasteiger partial charge in [-0.15, -0.1) is 0 Å². The van der Waals surface area contributed by atoms with Crippen LogP contribution in [0.4, 0.5) is 0 Å². The van der Waals surface area contributed by atoms with Gasteiger partial charge in [-0.05, 0) is 36.0 Å². The molecule has 0 heterocycles. The van der Waals surface area contributed by atoms with E-state index in [1.807, 2.05) is 32.9 Å². The van der Waals surface area contributed by atoms with E-state index in [2.05, 4.69) is 10.5 Å². The first-order valence-corrected chi connectivity index (χ1v) is 7.70. The highest BCUT2D eigenvalue weighted by atomic mass is 32.1. The smallest absolute Gasteiger partial charge is 0.282 e. The molecule has 0 spiro atoms. The van der Waals surface area contributed by atoms with Gasteiger partial charge >= 0.3 is 0 Å². The molecule has 0 atom stereocenters. The molecule has 0 aliphatic carbocycles. The maximum absolute atomic E-state index is 12.1. The molecule has 4 nitrogen and oxygen atoms in total. The van der Waals surface area contributed by atoms with Crippen LogP contribution >= 0.6 is 12.2 Å². The number of hydrogen-bond acceptors (Lipinski definition) is 4. The first kappa shape index (κ1) is 17.5. The number of carbonyl (C=O) groups excluding carboxylic acids is 1. The van der Waals surface area contributed by atoms with E-state index in [0.29, 0.717) is 11.4 Å². The van der Waals surface area contributed by atoms with Crippen LogP contribution in [0.2, 0.25) is 0 Å². The van der Waals surface area contributed by atoms with E-state index in [-0.39, 0.29) is 5.91 Å². The molecule has 0 aliphatic heterocycles. The lowest BCUT2D eigenvalue weighted by atomic mass is 9.92. The summed E-state index contributed by atoms with van der Waals surface area (Å²) in [5, 5.41) is 3.85. The third-order valence-corrected chi connectivity index (χ3v) is 3.62. The molecule has 0 aromatic heterocycles. The number of benzene rings is 1. The third-order valence-electron chi connectivity index (χ3n) is 3.23. The van der Waals surface area contributed by atoms with Crippen molar-refractivity contribution in [1.29, 1.82) is 0 Å². The molecule has 21 heavy (non-hydrogen) atoms. The Morgan fingerprint density at radius 3 is 2.29 bits per heavy atom. The summed E-state index contributed by atoms with van der Waals surface area (Å²) in [6.07, 6.45) is 4.02. The van der Waals surface area contributed by atoms with Crippen LogP contribution in [0, 0.1) is 0 Å². The Bertz CT molecular complexity index is 527. The van der Waals surface area contributed by atoms with Crippen LogP contribution in [-0.4, -0.2) is 17.0 Å². The van der Waals surface area contributed by atoms with E-state index in [1.165, 1.54) is 0 Å². The van der Waals surface area contributed by atoms with Crippen molar-refractivity contribution in [2.24, 2.45) is 10.8 Å². The summed E-state index contributed by atoms with van der Waals surface area (Å²) in [6.45, 7) is 6.53. The van der Waals surface area contributed by atoms with Crippen molar-refractivity contribution in [3.05, 3.63) is 34.4 Å². The summed E-state index contributed by atoms with van der Waals surface area (Å²) in [5.41, 5.74) is 12.3. The minimum atomic E-state index is -0.334. The summed E-state index contributed by atoms with van der Waals surface area (Å²) in [5.74, 6) is -0.334. The van der Waals surface area contributed by atoms with Gasteiger partial charge in [-0.1, -0.05) is 45.1 Å². The van der Waals surface area contributed by atoms with E-state index in [1.54, 1.807) is 6.21 Å². The van der Waals surface area contributed by atoms with Crippen LogP contribution in [0.5, 0.6) is 0 Å². The molecule has 5 heteroatoms. The summed E-state index contributed by atoms with van der Waals surface area (Å²) in [6, 6.07) is 4.06. The van der Waals surface area contributed by atoms with Crippen molar-refractivity contribution < 1.29 is 4.79 Å². The molecule has 1 aromatic carbocycles. The van der Waals surface area contributed by atoms with Crippen molar-refractivity contribution in [3.63, 3.8) is 0 Å². The Morgan fingerprint density at radius 2 is 1.86 bits per heavy atom. The monoisotopic (exact) mass is 305 g/mol. The molecule has 3 N–H and O–H groups in total. The second kappa shape index (κ2) is 8.64. The third kappa shape index (κ3) is 4.44. The maximum atomic E-state index is 12.1. The Balaban J connectivity index is 3.18. The van der Waals surface area contributed by atoms with Crippen LogP contribution in [0.25, 0.3) is 0 Å². The molecule has 1 rings (SSSR count). The van der Waals surface area contributed by atoms with Crippen molar-refractivity contribution in [1.82, 2.24) is 5.43 Å². The number of carbonyl (C=O) groups is 1. The Kier molecular flexibility index (Phi) is 7.19. The highest BCUT2D eigenvalue weighted by Crippen LogP contribution is 2.21. The van der Waals surface area contributed by atoms with Crippen LogP contribution in [0.1, 0.15) is 49.4 Å². The number of aryl methyl sites for hydroxylation is 2. The van der Waals surface area contributed by atoms with Crippen molar-refractivity contribution in [3.8, 4) is 0 Å². The first-order valence-electron chi connectivity index (χ1n) is 7.29. The lowest BCUT2D eigenvalue weighted by Gasteiger charge is -2.15.